The molecular weight excluding hydrogens is 646 g/mol. The molecule has 3 aliphatic heterocycles. The molecule has 268 valence electrons. The number of fused-ring (bicyclic) bond motifs is 2. The maximum absolute atomic E-state index is 14.9. The number of esters is 1. The third-order valence-electron chi connectivity index (χ3n) is 10.5. The molecule has 2 N–H and O–H groups in total. The van der Waals surface area contributed by atoms with Gasteiger partial charge in [-0.25, -0.2) is 0 Å². The summed E-state index contributed by atoms with van der Waals surface area (Å²) in [6.45, 7) is 9.77. The highest BCUT2D eigenvalue weighted by Gasteiger charge is 2.75. The van der Waals surface area contributed by atoms with Crippen LogP contribution in [-0.2, 0) is 28.7 Å². The highest BCUT2D eigenvalue weighted by Crippen LogP contribution is 2.59. The topological polar surface area (TPSA) is 125 Å². The fourth-order valence-electron chi connectivity index (χ4n) is 8.22. The Hall–Kier alpha value is -4.80. The Kier molecular flexibility index (Phi) is 11.0. The summed E-state index contributed by atoms with van der Waals surface area (Å²) in [5, 5.41) is 14.5. The van der Waals surface area contributed by atoms with Gasteiger partial charge in [-0.1, -0.05) is 72.8 Å². The van der Waals surface area contributed by atoms with Crippen molar-refractivity contribution in [3.05, 3.63) is 104 Å². The lowest BCUT2D eigenvalue weighted by molar-refractivity contribution is -0.162. The van der Waals surface area contributed by atoms with Gasteiger partial charge < -0.3 is 29.7 Å². The van der Waals surface area contributed by atoms with Gasteiger partial charge in [0, 0.05) is 31.8 Å². The predicted molar refractivity (Wildman–Crippen MR) is 194 cm³/mol. The molecular formula is C41H47N3O7. The van der Waals surface area contributed by atoms with E-state index in [2.05, 4.69) is 18.5 Å². The van der Waals surface area contributed by atoms with Crippen LogP contribution >= 0.6 is 0 Å². The van der Waals surface area contributed by atoms with Gasteiger partial charge in [0.15, 0.2) is 0 Å². The number of aliphatic hydroxyl groups is 1. The fraction of sp³-hybridized carbons (Fsp3) is 0.415. The monoisotopic (exact) mass is 693 g/mol. The Labute approximate surface area is 299 Å². The molecule has 51 heavy (non-hydrogen) atoms. The lowest BCUT2D eigenvalue weighted by Gasteiger charge is -2.37. The SMILES string of the molecule is C=CCCC(=O)N[C@@H](C)[C@H](OC(=O)[C@@H]1[C@H]2C(=O)N(CCCCO)[C@H](C(=O)N(CC=C)c3ccc4ccccc4c3)[C@]23CC[C@H]1O3)c1ccccc1. The molecule has 0 aromatic heterocycles. The highest BCUT2D eigenvalue weighted by atomic mass is 16.6. The number of rotatable bonds is 16. The second kappa shape index (κ2) is 15.6. The number of likely N-dealkylation sites (tertiary alicyclic amines) is 1. The number of hydrogen-bond acceptors (Lipinski definition) is 7. The standard InChI is InChI=1S/C41H47N3O7/c1-4-6-18-33(46)42-27(3)36(29-15-8-7-9-16-29)50-40(49)34-32-21-22-41(51-32)35(34)38(47)44(24-12-13-25-45)37(41)39(48)43(23-5-2)31-20-19-28-14-10-11-17-30(28)26-31/h4-5,7-11,14-17,19-20,26-27,32,34-37,45H,1-2,6,12-13,18,21-25H2,3H3,(H,42,46)/t27-,32+,34-,35-,36-,37+,41-/m0/s1. The van der Waals surface area contributed by atoms with Crippen molar-refractivity contribution >= 4 is 40.2 Å². The van der Waals surface area contributed by atoms with Crippen molar-refractivity contribution < 1.29 is 33.8 Å². The Balaban J connectivity index is 1.32. The van der Waals surface area contributed by atoms with E-state index in [1.54, 1.807) is 28.9 Å². The number of anilines is 1. The largest absolute Gasteiger partial charge is 0.455 e. The molecule has 6 rings (SSSR count). The molecule has 3 fully saturated rings. The minimum absolute atomic E-state index is 0.0500. The minimum Gasteiger partial charge on any atom is -0.455 e. The summed E-state index contributed by atoms with van der Waals surface area (Å²) in [6, 6.07) is 21.3. The lowest BCUT2D eigenvalue weighted by atomic mass is 9.70. The first-order valence-corrected chi connectivity index (χ1v) is 17.9. The van der Waals surface area contributed by atoms with Crippen molar-refractivity contribution in [2.24, 2.45) is 11.8 Å². The van der Waals surface area contributed by atoms with E-state index < -0.39 is 47.7 Å². The Morgan fingerprint density at radius 3 is 2.53 bits per heavy atom. The first-order chi connectivity index (χ1) is 24.7. The normalized spacial score (nSPS) is 24.5. The van der Waals surface area contributed by atoms with Crippen LogP contribution in [0, 0.1) is 11.8 Å². The Morgan fingerprint density at radius 2 is 1.80 bits per heavy atom. The van der Waals surface area contributed by atoms with Gasteiger partial charge in [-0.3, -0.25) is 19.2 Å². The molecule has 3 aromatic carbocycles. The van der Waals surface area contributed by atoms with Crippen molar-refractivity contribution in [3.8, 4) is 0 Å². The summed E-state index contributed by atoms with van der Waals surface area (Å²) in [6.07, 6.45) is 4.51. The average molecular weight is 694 g/mol. The Morgan fingerprint density at radius 1 is 1.06 bits per heavy atom. The number of nitrogens with zero attached hydrogens (tertiary/aromatic N) is 2. The number of nitrogens with one attached hydrogen (secondary N) is 1. The summed E-state index contributed by atoms with van der Waals surface area (Å²) in [7, 11) is 0. The van der Waals surface area contributed by atoms with E-state index in [1.165, 1.54) is 0 Å². The number of unbranched alkanes of at least 4 members (excludes halogenated alkanes) is 1. The van der Waals surface area contributed by atoms with Gasteiger partial charge in [-0.05, 0) is 67.5 Å². The maximum Gasteiger partial charge on any atom is 0.313 e. The van der Waals surface area contributed by atoms with E-state index in [0.29, 0.717) is 43.4 Å². The number of aliphatic hydroxyl groups excluding tert-OH is 1. The zero-order chi connectivity index (χ0) is 36.1. The molecule has 3 amide bonds. The van der Waals surface area contributed by atoms with Crippen molar-refractivity contribution in [3.63, 3.8) is 0 Å². The molecule has 0 aliphatic carbocycles. The van der Waals surface area contributed by atoms with E-state index in [0.717, 1.165) is 10.8 Å². The van der Waals surface area contributed by atoms with Gasteiger partial charge in [0.2, 0.25) is 11.8 Å². The predicted octanol–water partition coefficient (Wildman–Crippen LogP) is 5.26. The van der Waals surface area contributed by atoms with Crippen LogP contribution in [0.5, 0.6) is 0 Å². The third kappa shape index (κ3) is 6.95. The van der Waals surface area contributed by atoms with Gasteiger partial charge in [-0.15, -0.1) is 13.2 Å². The van der Waals surface area contributed by atoms with E-state index >= 15 is 0 Å². The van der Waals surface area contributed by atoms with E-state index in [1.807, 2.05) is 72.8 Å². The number of benzene rings is 3. The van der Waals surface area contributed by atoms with Crippen molar-refractivity contribution in [1.29, 1.82) is 0 Å². The van der Waals surface area contributed by atoms with Gasteiger partial charge >= 0.3 is 5.97 Å². The van der Waals surface area contributed by atoms with Crippen LogP contribution < -0.4 is 10.2 Å². The molecule has 7 atom stereocenters. The molecule has 3 heterocycles. The van der Waals surface area contributed by atoms with E-state index in [9.17, 15) is 24.3 Å². The zero-order valence-electron chi connectivity index (χ0n) is 29.1. The molecule has 1 spiro atoms. The molecule has 10 nitrogen and oxygen atoms in total. The summed E-state index contributed by atoms with van der Waals surface area (Å²) >= 11 is 0. The van der Waals surface area contributed by atoms with E-state index in [4.69, 9.17) is 9.47 Å². The molecule has 3 aromatic rings. The van der Waals surface area contributed by atoms with Crippen LogP contribution in [-0.4, -0.2) is 77.2 Å². The van der Waals surface area contributed by atoms with Gasteiger partial charge in [0.05, 0.1) is 24.0 Å². The van der Waals surface area contributed by atoms with E-state index in [-0.39, 0.29) is 43.8 Å². The van der Waals surface area contributed by atoms with Crippen LogP contribution in [0.4, 0.5) is 5.69 Å². The number of carbonyl (C=O) groups is 4. The van der Waals surface area contributed by atoms with Crippen LogP contribution in [0.15, 0.2) is 98.1 Å². The fourth-order valence-corrected chi connectivity index (χ4v) is 8.22. The molecule has 0 radical (unpaired) electrons. The molecule has 2 bridgehead atoms. The Bertz CT molecular complexity index is 1780. The van der Waals surface area contributed by atoms with Crippen LogP contribution in [0.2, 0.25) is 0 Å². The minimum atomic E-state index is -1.23. The molecule has 0 unspecified atom stereocenters. The number of hydrogen-bond donors (Lipinski definition) is 2. The highest BCUT2D eigenvalue weighted by molar-refractivity contribution is 6.05. The number of carbonyl (C=O) groups excluding carboxylic acids is 4. The van der Waals surface area contributed by atoms with Crippen LogP contribution in [0.3, 0.4) is 0 Å². The second-order valence-corrected chi connectivity index (χ2v) is 13.7. The summed E-state index contributed by atoms with van der Waals surface area (Å²) in [4.78, 5) is 59.7. The van der Waals surface area contributed by atoms with Gasteiger partial charge in [-0.2, -0.15) is 0 Å². The molecule has 3 saturated heterocycles. The van der Waals surface area contributed by atoms with Crippen molar-refractivity contribution in [2.45, 2.75) is 75.3 Å². The number of ether oxygens (including phenoxy) is 2. The summed E-state index contributed by atoms with van der Waals surface area (Å²) < 4.78 is 12.9. The van der Waals surface area contributed by atoms with Crippen molar-refractivity contribution in [1.82, 2.24) is 10.2 Å². The third-order valence-corrected chi connectivity index (χ3v) is 10.5. The quantitative estimate of drug-likeness (QED) is 0.119. The zero-order valence-corrected chi connectivity index (χ0v) is 29.1. The van der Waals surface area contributed by atoms with Crippen LogP contribution in [0.1, 0.15) is 57.1 Å². The van der Waals surface area contributed by atoms with Gasteiger partial charge in [0.1, 0.15) is 17.7 Å². The first kappa shape index (κ1) is 36.0. The summed E-state index contributed by atoms with van der Waals surface area (Å²) in [5.74, 6) is -3.28. The van der Waals surface area contributed by atoms with Crippen molar-refractivity contribution in [2.75, 3.05) is 24.6 Å². The molecule has 10 heteroatoms. The number of allylic oxidation sites excluding steroid dienone is 1. The second-order valence-electron chi connectivity index (χ2n) is 13.7. The molecule has 3 aliphatic rings. The smallest absolute Gasteiger partial charge is 0.313 e. The van der Waals surface area contributed by atoms with Crippen LogP contribution in [0.25, 0.3) is 10.8 Å². The first-order valence-electron chi connectivity index (χ1n) is 17.9. The maximum atomic E-state index is 14.9. The van der Waals surface area contributed by atoms with Gasteiger partial charge in [0.25, 0.3) is 5.91 Å². The number of amides is 3. The lowest BCUT2D eigenvalue weighted by Crippen LogP contribution is -2.56. The molecule has 0 saturated carbocycles. The summed E-state index contributed by atoms with van der Waals surface area (Å²) in [5.41, 5.74) is 0.137. The average Bonchev–Trinajstić information content (AvgIpc) is 3.79.